The fourth-order valence-corrected chi connectivity index (χ4v) is 5.96. The van der Waals surface area contributed by atoms with E-state index < -0.39 is 5.97 Å². The Bertz CT molecular complexity index is 1600. The van der Waals surface area contributed by atoms with Crippen molar-refractivity contribution in [3.8, 4) is 5.69 Å². The molecular formula is C32H33N5O3S. The van der Waals surface area contributed by atoms with Crippen LogP contribution in [0.4, 0.5) is 5.69 Å². The summed E-state index contributed by atoms with van der Waals surface area (Å²) in [6.07, 6.45) is 2.85. The molecule has 2 atom stereocenters. The number of rotatable bonds is 9. The van der Waals surface area contributed by atoms with Gasteiger partial charge in [0.05, 0.1) is 23.3 Å². The predicted molar refractivity (Wildman–Crippen MR) is 163 cm³/mol. The number of carbonyl (C=O) groups excluding carboxylic acids is 1. The highest BCUT2D eigenvalue weighted by molar-refractivity contribution is 7.80. The van der Waals surface area contributed by atoms with Crippen molar-refractivity contribution in [3.05, 3.63) is 113 Å². The van der Waals surface area contributed by atoms with Gasteiger partial charge in [-0.1, -0.05) is 37.3 Å². The van der Waals surface area contributed by atoms with E-state index in [2.05, 4.69) is 38.1 Å². The molecule has 0 saturated carbocycles. The van der Waals surface area contributed by atoms with Gasteiger partial charge in [0.25, 0.3) is 0 Å². The van der Waals surface area contributed by atoms with Gasteiger partial charge in [0, 0.05) is 41.9 Å². The van der Waals surface area contributed by atoms with Gasteiger partial charge >= 0.3 is 5.97 Å². The first-order chi connectivity index (χ1) is 19.8. The van der Waals surface area contributed by atoms with Crippen LogP contribution < -0.4 is 10.6 Å². The van der Waals surface area contributed by atoms with E-state index in [1.54, 1.807) is 24.4 Å². The van der Waals surface area contributed by atoms with Crippen LogP contribution in [0.15, 0.2) is 79.0 Å². The van der Waals surface area contributed by atoms with Gasteiger partial charge in [-0.25, -0.2) is 4.79 Å². The van der Waals surface area contributed by atoms with Crippen LogP contribution in [-0.4, -0.2) is 43.1 Å². The largest absolute Gasteiger partial charge is 0.478 e. The number of aryl methyl sites for hydroxylation is 2. The molecule has 3 N–H and O–H groups in total. The molecular weight excluding hydrogens is 534 g/mol. The summed E-state index contributed by atoms with van der Waals surface area (Å²) < 4.78 is 2.06. The molecule has 9 heteroatoms. The first kappa shape index (κ1) is 28.0. The molecule has 0 radical (unpaired) electrons. The Hall–Kier alpha value is -4.50. The smallest absolute Gasteiger partial charge is 0.335 e. The molecule has 1 aliphatic heterocycles. The van der Waals surface area contributed by atoms with Crippen LogP contribution in [0.2, 0.25) is 0 Å². The van der Waals surface area contributed by atoms with Gasteiger partial charge in [-0.05, 0) is 86.1 Å². The molecule has 1 amide bonds. The molecule has 1 fully saturated rings. The minimum Gasteiger partial charge on any atom is -0.478 e. The Morgan fingerprint density at radius 1 is 1.05 bits per heavy atom. The lowest BCUT2D eigenvalue weighted by Gasteiger charge is -2.28. The third kappa shape index (κ3) is 5.71. The van der Waals surface area contributed by atoms with Gasteiger partial charge in [-0.2, -0.15) is 0 Å². The topological polar surface area (TPSA) is 99.5 Å². The lowest BCUT2D eigenvalue weighted by Crippen LogP contribution is -2.33. The zero-order valence-electron chi connectivity index (χ0n) is 23.3. The molecule has 0 unspecified atom stereocenters. The fraction of sp³-hybridized carbons (Fsp3) is 0.250. The lowest BCUT2D eigenvalue weighted by molar-refractivity contribution is -0.116. The number of benzene rings is 2. The molecule has 4 aromatic rings. The number of hydrogen-bond acceptors (Lipinski definition) is 4. The first-order valence-corrected chi connectivity index (χ1v) is 14.1. The number of hydrogen-bond donors (Lipinski definition) is 3. The van der Waals surface area contributed by atoms with Gasteiger partial charge in [0.15, 0.2) is 5.11 Å². The summed E-state index contributed by atoms with van der Waals surface area (Å²) in [5, 5.41) is 16.6. The second-order valence-electron chi connectivity index (χ2n) is 10.1. The molecule has 210 valence electrons. The number of aromatic carboxylic acids is 1. The van der Waals surface area contributed by atoms with Crippen LogP contribution in [0.5, 0.6) is 0 Å². The van der Waals surface area contributed by atoms with E-state index in [0.717, 1.165) is 46.0 Å². The van der Waals surface area contributed by atoms with Crippen molar-refractivity contribution < 1.29 is 14.7 Å². The van der Waals surface area contributed by atoms with E-state index >= 15 is 0 Å². The quantitative estimate of drug-likeness (QED) is 0.222. The molecule has 2 aromatic carbocycles. The summed E-state index contributed by atoms with van der Waals surface area (Å²) >= 11 is 5.82. The number of nitrogens with zero attached hydrogens (tertiary/aromatic N) is 3. The zero-order chi connectivity index (χ0) is 29.1. The van der Waals surface area contributed by atoms with Gasteiger partial charge < -0.3 is 25.2 Å². The standard InChI is InChI=1S/C32H33N5O3S/c1-4-22-10-5-6-13-26(22)34-28(38)15-17-36-30(29(35-32(36)41)27-14-7-8-16-33-27)25-18-20(2)37(21(25)3)24-12-9-11-23(19-24)31(39)40/h5-14,16,18-19,29-30H,4,15,17H2,1-3H3,(H,34,38)(H,35,41)(H,39,40)/t29-,30-/m0/s1. The molecule has 0 bridgehead atoms. The maximum atomic E-state index is 13.1. The number of nitrogens with one attached hydrogen (secondary N) is 2. The Kier molecular flexibility index (Phi) is 8.16. The van der Waals surface area contributed by atoms with Crippen LogP contribution >= 0.6 is 12.2 Å². The SMILES string of the molecule is CCc1ccccc1NC(=O)CCN1C(=S)N[C@@H](c2ccccn2)[C@@H]1c1cc(C)n(-c2cccc(C(=O)O)c2)c1C. The molecule has 2 aromatic heterocycles. The van der Waals surface area contributed by atoms with Crippen molar-refractivity contribution in [2.75, 3.05) is 11.9 Å². The number of aromatic nitrogens is 2. The van der Waals surface area contributed by atoms with Crippen molar-refractivity contribution in [2.45, 2.75) is 45.7 Å². The molecule has 5 rings (SSSR count). The fourth-order valence-electron chi connectivity index (χ4n) is 5.63. The minimum absolute atomic E-state index is 0.0790. The molecule has 1 aliphatic rings. The molecule has 41 heavy (non-hydrogen) atoms. The van der Waals surface area contributed by atoms with Gasteiger partial charge in [0.2, 0.25) is 5.91 Å². The summed E-state index contributed by atoms with van der Waals surface area (Å²) in [6.45, 7) is 6.51. The minimum atomic E-state index is -0.971. The van der Waals surface area contributed by atoms with Gasteiger partial charge in [0.1, 0.15) is 0 Å². The first-order valence-electron chi connectivity index (χ1n) is 13.7. The average molecular weight is 568 g/mol. The Labute approximate surface area is 245 Å². The highest BCUT2D eigenvalue weighted by Crippen LogP contribution is 2.41. The Balaban J connectivity index is 1.48. The van der Waals surface area contributed by atoms with Crippen molar-refractivity contribution in [1.82, 2.24) is 19.8 Å². The number of carboxylic acids is 1. The summed E-state index contributed by atoms with van der Waals surface area (Å²) in [4.78, 5) is 31.4. The Morgan fingerprint density at radius 2 is 1.83 bits per heavy atom. The van der Waals surface area contributed by atoms with E-state index in [4.69, 9.17) is 12.2 Å². The highest BCUT2D eigenvalue weighted by atomic mass is 32.1. The maximum absolute atomic E-state index is 13.1. The van der Waals surface area contributed by atoms with Crippen LogP contribution in [0.1, 0.15) is 64.0 Å². The number of para-hydroxylation sites is 1. The summed E-state index contributed by atoms with van der Waals surface area (Å²) in [6, 6.07) is 22.2. The van der Waals surface area contributed by atoms with Gasteiger partial charge in [-0.15, -0.1) is 0 Å². The van der Waals surface area contributed by atoms with E-state index in [0.29, 0.717) is 11.7 Å². The number of carboxylic acid groups (broad SMARTS) is 1. The van der Waals surface area contributed by atoms with Crippen LogP contribution in [-0.2, 0) is 11.2 Å². The van der Waals surface area contributed by atoms with Crippen molar-refractivity contribution in [2.24, 2.45) is 0 Å². The van der Waals surface area contributed by atoms with Crippen LogP contribution in [0, 0.1) is 13.8 Å². The van der Waals surface area contributed by atoms with Crippen LogP contribution in [0.3, 0.4) is 0 Å². The van der Waals surface area contributed by atoms with Gasteiger partial charge in [-0.3, -0.25) is 9.78 Å². The van der Waals surface area contributed by atoms with Crippen molar-refractivity contribution in [3.63, 3.8) is 0 Å². The average Bonchev–Trinajstić information content (AvgIpc) is 3.46. The summed E-state index contributed by atoms with van der Waals surface area (Å²) in [5.41, 5.74) is 6.73. The molecule has 1 saturated heterocycles. The Morgan fingerprint density at radius 3 is 2.56 bits per heavy atom. The molecule has 8 nitrogen and oxygen atoms in total. The third-order valence-corrected chi connectivity index (χ3v) is 7.94. The third-order valence-electron chi connectivity index (χ3n) is 7.59. The number of anilines is 1. The summed E-state index contributed by atoms with van der Waals surface area (Å²) in [5.74, 6) is -1.05. The van der Waals surface area contributed by atoms with E-state index in [1.807, 2.05) is 62.4 Å². The number of carbonyl (C=O) groups is 2. The van der Waals surface area contributed by atoms with E-state index in [1.165, 1.54) is 0 Å². The molecule has 0 spiro atoms. The molecule has 0 aliphatic carbocycles. The normalized spacial score (nSPS) is 16.5. The second-order valence-corrected chi connectivity index (χ2v) is 10.5. The lowest BCUT2D eigenvalue weighted by atomic mass is 9.96. The number of amides is 1. The number of thiocarbonyl (C=S) groups is 1. The van der Waals surface area contributed by atoms with Crippen molar-refractivity contribution >= 4 is 34.9 Å². The van der Waals surface area contributed by atoms with Crippen LogP contribution in [0.25, 0.3) is 5.69 Å². The van der Waals surface area contributed by atoms with E-state index in [9.17, 15) is 14.7 Å². The molecule has 3 heterocycles. The highest BCUT2D eigenvalue weighted by Gasteiger charge is 2.41. The predicted octanol–water partition coefficient (Wildman–Crippen LogP) is 5.75. The maximum Gasteiger partial charge on any atom is 0.335 e. The van der Waals surface area contributed by atoms with Crippen molar-refractivity contribution in [1.29, 1.82) is 0 Å². The van der Waals surface area contributed by atoms with E-state index in [-0.39, 0.29) is 30.0 Å². The number of pyridine rings is 1. The zero-order valence-corrected chi connectivity index (χ0v) is 24.1. The monoisotopic (exact) mass is 567 g/mol. The second kappa shape index (κ2) is 11.9. The summed E-state index contributed by atoms with van der Waals surface area (Å²) in [7, 11) is 0.